The van der Waals surface area contributed by atoms with Crippen LogP contribution in [0.4, 0.5) is 11.0 Å². The minimum atomic E-state index is -0.488. The summed E-state index contributed by atoms with van der Waals surface area (Å²) in [6.07, 6.45) is 6.61. The lowest BCUT2D eigenvalue weighted by molar-refractivity contribution is -0.112. The maximum atomic E-state index is 12.1. The Labute approximate surface area is 138 Å². The second kappa shape index (κ2) is 7.11. The zero-order valence-electron chi connectivity index (χ0n) is 12.5. The van der Waals surface area contributed by atoms with Crippen LogP contribution in [0.25, 0.3) is 6.08 Å². The van der Waals surface area contributed by atoms with Gasteiger partial charge in [-0.05, 0) is 25.3 Å². The number of hydrogen-bond acceptors (Lipinski definition) is 6. The van der Waals surface area contributed by atoms with E-state index >= 15 is 0 Å². The number of aromatic nitrogens is 1. The molecule has 6 nitrogen and oxygen atoms in total. The van der Waals surface area contributed by atoms with E-state index in [0.29, 0.717) is 10.9 Å². The molecule has 0 radical (unpaired) electrons. The molecule has 0 saturated carbocycles. The summed E-state index contributed by atoms with van der Waals surface area (Å²) >= 11 is 1.30. The number of carbonyl (C=O) groups excluding carboxylic acids is 1. The van der Waals surface area contributed by atoms with E-state index in [9.17, 15) is 10.1 Å². The van der Waals surface area contributed by atoms with Crippen molar-refractivity contribution in [1.29, 1.82) is 5.26 Å². The van der Waals surface area contributed by atoms with Gasteiger partial charge in [0.15, 0.2) is 11.0 Å². The highest BCUT2D eigenvalue weighted by atomic mass is 32.1. The molecule has 1 N–H and O–H groups in total. The van der Waals surface area contributed by atoms with Crippen LogP contribution >= 0.6 is 11.3 Å². The Morgan fingerprint density at radius 1 is 1.39 bits per heavy atom. The van der Waals surface area contributed by atoms with Crippen molar-refractivity contribution < 1.29 is 9.21 Å². The van der Waals surface area contributed by atoms with Crippen molar-refractivity contribution in [3.8, 4) is 6.07 Å². The highest BCUT2D eigenvalue weighted by molar-refractivity contribution is 7.13. The van der Waals surface area contributed by atoms with Gasteiger partial charge >= 0.3 is 0 Å². The number of nitrogens with one attached hydrogen (secondary N) is 1. The highest BCUT2D eigenvalue weighted by Gasteiger charge is 2.15. The van der Waals surface area contributed by atoms with Crippen molar-refractivity contribution in [3.05, 3.63) is 35.0 Å². The number of amides is 1. The molecule has 0 bridgehead atoms. The lowest BCUT2D eigenvalue weighted by atomic mass is 10.1. The third-order valence-corrected chi connectivity index (χ3v) is 4.27. The Morgan fingerprint density at radius 2 is 2.22 bits per heavy atom. The van der Waals surface area contributed by atoms with Gasteiger partial charge in [0.05, 0.1) is 0 Å². The van der Waals surface area contributed by atoms with Gasteiger partial charge in [0, 0.05) is 36.8 Å². The fraction of sp³-hybridized carbons (Fsp3) is 0.312. The number of nitrogens with zero attached hydrogens (tertiary/aromatic N) is 3. The van der Waals surface area contributed by atoms with Gasteiger partial charge in [-0.1, -0.05) is 0 Å². The third kappa shape index (κ3) is 3.79. The third-order valence-electron chi connectivity index (χ3n) is 3.58. The predicted molar refractivity (Wildman–Crippen MR) is 89.1 cm³/mol. The van der Waals surface area contributed by atoms with E-state index in [1.807, 2.05) is 12.1 Å². The van der Waals surface area contributed by atoms with Crippen LogP contribution in [0.5, 0.6) is 0 Å². The molecular weight excluding hydrogens is 312 g/mol. The first kappa shape index (κ1) is 15.3. The summed E-state index contributed by atoms with van der Waals surface area (Å²) in [5.74, 6) is 0.795. The molecule has 0 aromatic carbocycles. The second-order valence-electron chi connectivity index (χ2n) is 5.18. The van der Waals surface area contributed by atoms with Gasteiger partial charge in [-0.25, -0.2) is 4.98 Å². The zero-order valence-corrected chi connectivity index (χ0v) is 13.3. The molecule has 1 saturated heterocycles. The second-order valence-corrected chi connectivity index (χ2v) is 6.08. The summed E-state index contributed by atoms with van der Waals surface area (Å²) in [5.41, 5.74) is -0.0141. The van der Waals surface area contributed by atoms with Crippen LogP contribution in [0.15, 0.2) is 33.7 Å². The van der Waals surface area contributed by atoms with Gasteiger partial charge in [0.2, 0.25) is 0 Å². The number of thiazole rings is 1. The van der Waals surface area contributed by atoms with Crippen molar-refractivity contribution in [2.24, 2.45) is 0 Å². The lowest BCUT2D eigenvalue weighted by Gasteiger charge is -2.25. The molecule has 1 amide bonds. The van der Waals surface area contributed by atoms with E-state index in [1.54, 1.807) is 17.6 Å². The van der Waals surface area contributed by atoms with Crippen LogP contribution in [0.3, 0.4) is 0 Å². The van der Waals surface area contributed by atoms with Crippen molar-refractivity contribution in [2.75, 3.05) is 23.3 Å². The summed E-state index contributed by atoms with van der Waals surface area (Å²) in [4.78, 5) is 18.2. The molecule has 23 heavy (non-hydrogen) atoms. The molecule has 0 spiro atoms. The maximum Gasteiger partial charge on any atom is 0.268 e. The van der Waals surface area contributed by atoms with E-state index in [0.717, 1.165) is 31.8 Å². The Hall–Kier alpha value is -2.59. The number of anilines is 2. The van der Waals surface area contributed by atoms with Crippen LogP contribution in [0.1, 0.15) is 25.0 Å². The van der Waals surface area contributed by atoms with E-state index in [2.05, 4.69) is 15.2 Å². The van der Waals surface area contributed by atoms with Gasteiger partial charge in [-0.3, -0.25) is 10.1 Å². The zero-order chi connectivity index (χ0) is 16.1. The van der Waals surface area contributed by atoms with Crippen molar-refractivity contribution in [3.63, 3.8) is 0 Å². The molecule has 0 unspecified atom stereocenters. The number of piperidine rings is 1. The molecule has 1 aliphatic heterocycles. The standard InChI is InChI=1S/C16H16N4O2S/c17-11-12(15(21)19-16-18-6-9-23-16)10-13-4-5-14(22-13)20-7-2-1-3-8-20/h4-6,9-10H,1-3,7-8H2,(H,18,19,21). The fourth-order valence-electron chi connectivity index (χ4n) is 2.44. The maximum absolute atomic E-state index is 12.1. The molecule has 118 valence electrons. The normalized spacial score (nSPS) is 15.3. The first-order valence-electron chi connectivity index (χ1n) is 7.44. The largest absolute Gasteiger partial charge is 0.441 e. The molecule has 0 atom stereocenters. The molecule has 3 rings (SSSR count). The first-order chi connectivity index (χ1) is 11.3. The fourth-order valence-corrected chi connectivity index (χ4v) is 2.97. The first-order valence-corrected chi connectivity index (χ1v) is 8.31. The Morgan fingerprint density at radius 3 is 2.91 bits per heavy atom. The summed E-state index contributed by atoms with van der Waals surface area (Å²) in [6, 6.07) is 5.56. The van der Waals surface area contributed by atoms with Crippen molar-refractivity contribution in [1.82, 2.24) is 4.98 Å². The summed E-state index contributed by atoms with van der Waals surface area (Å²) in [6.45, 7) is 1.96. The molecule has 2 aromatic rings. The Kier molecular flexibility index (Phi) is 4.74. The van der Waals surface area contributed by atoms with Gasteiger partial charge in [0.1, 0.15) is 17.4 Å². The SMILES string of the molecule is N#CC(=Cc1ccc(N2CCCCC2)o1)C(=O)Nc1nccs1. The number of carbonyl (C=O) groups is 1. The quantitative estimate of drug-likeness (QED) is 0.688. The monoisotopic (exact) mass is 328 g/mol. The van der Waals surface area contributed by atoms with Gasteiger partial charge in [0.25, 0.3) is 5.91 Å². The van der Waals surface area contributed by atoms with Crippen LogP contribution in [0.2, 0.25) is 0 Å². The molecule has 3 heterocycles. The van der Waals surface area contributed by atoms with Gasteiger partial charge < -0.3 is 9.32 Å². The van der Waals surface area contributed by atoms with E-state index < -0.39 is 5.91 Å². The molecule has 2 aromatic heterocycles. The lowest BCUT2D eigenvalue weighted by Crippen LogP contribution is -2.28. The van der Waals surface area contributed by atoms with Crippen LogP contribution in [-0.2, 0) is 4.79 Å². The van der Waals surface area contributed by atoms with E-state index in [-0.39, 0.29) is 5.57 Å². The molecular formula is C16H16N4O2S. The Bertz CT molecular complexity index is 736. The molecule has 0 aliphatic carbocycles. The predicted octanol–water partition coefficient (Wildman–Crippen LogP) is 3.27. The van der Waals surface area contributed by atoms with Crippen LogP contribution in [0, 0.1) is 11.3 Å². The molecule has 1 aliphatic rings. The summed E-state index contributed by atoms with van der Waals surface area (Å²) < 4.78 is 5.75. The number of furan rings is 1. The highest BCUT2D eigenvalue weighted by Crippen LogP contribution is 2.24. The average molecular weight is 328 g/mol. The smallest absolute Gasteiger partial charge is 0.268 e. The number of rotatable bonds is 4. The van der Waals surface area contributed by atoms with Crippen LogP contribution in [-0.4, -0.2) is 24.0 Å². The minimum Gasteiger partial charge on any atom is -0.441 e. The molecule has 1 fully saturated rings. The van der Waals surface area contributed by atoms with Crippen molar-refractivity contribution in [2.45, 2.75) is 19.3 Å². The molecule has 7 heteroatoms. The average Bonchev–Trinajstić information content (AvgIpc) is 3.25. The number of hydrogen-bond donors (Lipinski definition) is 1. The minimum absolute atomic E-state index is 0.0141. The van der Waals surface area contributed by atoms with Crippen LogP contribution < -0.4 is 10.2 Å². The van der Waals surface area contributed by atoms with E-state index in [4.69, 9.17) is 4.42 Å². The summed E-state index contributed by atoms with van der Waals surface area (Å²) in [7, 11) is 0. The summed E-state index contributed by atoms with van der Waals surface area (Å²) in [5, 5.41) is 14.0. The van der Waals surface area contributed by atoms with Crippen molar-refractivity contribution >= 4 is 34.3 Å². The van der Waals surface area contributed by atoms with Gasteiger partial charge in [-0.15, -0.1) is 11.3 Å². The Balaban J connectivity index is 1.72. The van der Waals surface area contributed by atoms with E-state index in [1.165, 1.54) is 23.8 Å². The van der Waals surface area contributed by atoms with Gasteiger partial charge in [-0.2, -0.15) is 5.26 Å². The number of nitriles is 1. The topological polar surface area (TPSA) is 82.2 Å².